The molecule has 0 N–H and O–H groups in total. The third-order valence-corrected chi connectivity index (χ3v) is 15.3. The Hall–Kier alpha value is -4.20. The minimum Gasteiger partial charge on any atom is -0.460 e. The molecule has 3 saturated heterocycles. The Kier molecular flexibility index (Phi) is 25.3. The van der Waals surface area contributed by atoms with Crippen LogP contribution in [0.5, 0.6) is 0 Å². The van der Waals surface area contributed by atoms with Crippen LogP contribution < -0.4 is 0 Å². The number of carbonyl (C=O) groups is 6. The van der Waals surface area contributed by atoms with Crippen LogP contribution in [0.1, 0.15) is 218 Å². The molecular formula is C61H98O18. The molecule has 0 amide bonds. The summed E-state index contributed by atoms with van der Waals surface area (Å²) in [5.74, 6) is -4.30. The van der Waals surface area contributed by atoms with Gasteiger partial charge in [0.05, 0.1) is 55.9 Å². The summed E-state index contributed by atoms with van der Waals surface area (Å²) in [4.78, 5) is 72.3. The van der Waals surface area contributed by atoms with Gasteiger partial charge in [0.2, 0.25) is 0 Å². The van der Waals surface area contributed by atoms with Gasteiger partial charge in [-0.3, -0.25) is 14.4 Å². The fraction of sp³-hybridized carbons (Fsp3) is 0.803. The summed E-state index contributed by atoms with van der Waals surface area (Å²) in [7, 11) is 0. The third-order valence-electron chi connectivity index (χ3n) is 15.3. The molecule has 450 valence electrons. The SMILES string of the molecule is C=C(C)C(=O)OCC1CC(CC(=O)OC2(C(C)C)CCCCC2)OC(C)(C)O1.C=C(C)C(=O)OCC1CC(CC(=O)OC2(C)CCCC2)OC(C)(C)O1.C=C(C)C(=O)OCC1CC(CC(=O)OC2(CC)CCCC2)OC(C)(C)O1. The normalized spacial score (nSPS) is 27.0. The van der Waals surface area contributed by atoms with Crippen LogP contribution in [-0.4, -0.2) is 126 Å². The second-order valence-corrected chi connectivity index (χ2v) is 24.7. The van der Waals surface area contributed by atoms with Crippen molar-refractivity contribution in [3.63, 3.8) is 0 Å². The smallest absolute Gasteiger partial charge is 0.333 e. The minimum atomic E-state index is -0.857. The summed E-state index contributed by atoms with van der Waals surface area (Å²) in [5.41, 5.74) is 0.0430. The molecular weight excluding hydrogens is 1020 g/mol. The lowest BCUT2D eigenvalue weighted by molar-refractivity contribution is -0.305. The average Bonchev–Trinajstić information content (AvgIpc) is 4.01. The van der Waals surface area contributed by atoms with E-state index in [4.69, 9.17) is 56.8 Å². The van der Waals surface area contributed by atoms with Crippen molar-refractivity contribution in [2.45, 2.75) is 289 Å². The van der Waals surface area contributed by atoms with E-state index in [0.29, 0.717) is 36.0 Å². The molecule has 79 heavy (non-hydrogen) atoms. The van der Waals surface area contributed by atoms with Crippen molar-refractivity contribution in [1.82, 2.24) is 0 Å². The van der Waals surface area contributed by atoms with Crippen LogP contribution in [0.2, 0.25) is 0 Å². The van der Waals surface area contributed by atoms with Gasteiger partial charge in [-0.1, -0.05) is 46.9 Å². The first-order valence-corrected chi connectivity index (χ1v) is 29.0. The van der Waals surface area contributed by atoms with Gasteiger partial charge in [-0.2, -0.15) is 0 Å². The number of carbonyl (C=O) groups excluding carboxylic acids is 6. The predicted octanol–water partition coefficient (Wildman–Crippen LogP) is 11.3. The summed E-state index contributed by atoms with van der Waals surface area (Å²) >= 11 is 0. The van der Waals surface area contributed by atoms with Crippen molar-refractivity contribution in [3.8, 4) is 0 Å². The van der Waals surface area contributed by atoms with Gasteiger partial charge >= 0.3 is 35.8 Å². The van der Waals surface area contributed by atoms with E-state index in [-0.39, 0.29) is 116 Å². The summed E-state index contributed by atoms with van der Waals surface area (Å²) in [6, 6.07) is 0. The van der Waals surface area contributed by atoms with Crippen LogP contribution in [-0.2, 0) is 85.6 Å². The number of ether oxygens (including phenoxy) is 12. The molecule has 0 spiro atoms. The van der Waals surface area contributed by atoms with E-state index in [1.54, 1.807) is 62.3 Å². The fourth-order valence-electron chi connectivity index (χ4n) is 11.4. The molecule has 6 fully saturated rings. The predicted molar refractivity (Wildman–Crippen MR) is 294 cm³/mol. The summed E-state index contributed by atoms with van der Waals surface area (Å²) in [6.45, 7) is 34.9. The minimum absolute atomic E-state index is 0.111. The zero-order valence-corrected chi connectivity index (χ0v) is 50.3. The van der Waals surface area contributed by atoms with Gasteiger partial charge in [0.25, 0.3) is 0 Å². The maximum absolute atomic E-state index is 12.7. The van der Waals surface area contributed by atoms with Crippen molar-refractivity contribution >= 4 is 35.8 Å². The summed E-state index contributed by atoms with van der Waals surface area (Å²) < 4.78 is 68.2. The van der Waals surface area contributed by atoms with Crippen molar-refractivity contribution in [2.24, 2.45) is 5.92 Å². The highest BCUT2D eigenvalue weighted by molar-refractivity contribution is 5.87. The Morgan fingerprint density at radius 1 is 0.443 bits per heavy atom. The van der Waals surface area contributed by atoms with E-state index in [0.717, 1.165) is 83.5 Å². The van der Waals surface area contributed by atoms with Gasteiger partial charge < -0.3 is 56.8 Å². The number of esters is 6. The van der Waals surface area contributed by atoms with Crippen LogP contribution in [0.3, 0.4) is 0 Å². The van der Waals surface area contributed by atoms with Crippen LogP contribution in [0, 0.1) is 5.92 Å². The zero-order chi connectivity index (χ0) is 59.0. The first-order valence-electron chi connectivity index (χ1n) is 29.0. The molecule has 0 radical (unpaired) electrons. The molecule has 6 rings (SSSR count). The second-order valence-electron chi connectivity index (χ2n) is 24.7. The van der Waals surface area contributed by atoms with Gasteiger partial charge in [-0.05, 0) is 159 Å². The van der Waals surface area contributed by atoms with Crippen molar-refractivity contribution in [3.05, 3.63) is 36.5 Å². The molecule has 0 bridgehead atoms. The monoisotopic (exact) mass is 1120 g/mol. The number of hydrogen-bond donors (Lipinski definition) is 0. The van der Waals surface area contributed by atoms with Gasteiger partial charge in [0.1, 0.15) is 36.6 Å². The van der Waals surface area contributed by atoms with E-state index in [1.165, 1.54) is 6.42 Å². The molecule has 6 aliphatic rings. The highest BCUT2D eigenvalue weighted by Crippen LogP contribution is 2.40. The fourth-order valence-corrected chi connectivity index (χ4v) is 11.4. The van der Waals surface area contributed by atoms with Crippen molar-refractivity contribution in [2.75, 3.05) is 19.8 Å². The van der Waals surface area contributed by atoms with Gasteiger partial charge in [0.15, 0.2) is 17.4 Å². The molecule has 0 aromatic rings. The van der Waals surface area contributed by atoms with Crippen molar-refractivity contribution in [1.29, 1.82) is 0 Å². The lowest BCUT2D eigenvalue weighted by Crippen LogP contribution is -2.48. The molecule has 18 nitrogen and oxygen atoms in total. The lowest BCUT2D eigenvalue weighted by Gasteiger charge is -2.42. The van der Waals surface area contributed by atoms with E-state index < -0.39 is 35.3 Å². The molecule has 3 aliphatic heterocycles. The van der Waals surface area contributed by atoms with E-state index in [1.807, 2.05) is 6.92 Å². The van der Waals surface area contributed by atoms with Crippen molar-refractivity contribution < 1.29 is 85.6 Å². The van der Waals surface area contributed by atoms with Crippen LogP contribution in [0.25, 0.3) is 0 Å². The van der Waals surface area contributed by atoms with Gasteiger partial charge in [-0.25, -0.2) is 14.4 Å². The highest BCUT2D eigenvalue weighted by atomic mass is 16.7. The van der Waals surface area contributed by atoms with E-state index >= 15 is 0 Å². The van der Waals surface area contributed by atoms with E-state index in [9.17, 15) is 28.8 Å². The maximum atomic E-state index is 12.7. The molecule has 6 atom stereocenters. The Balaban J connectivity index is 0.000000256. The summed E-state index contributed by atoms with van der Waals surface area (Å²) in [5, 5.41) is 0. The Bertz CT molecular complexity index is 2090. The molecule has 6 unspecified atom stereocenters. The number of rotatable bonds is 20. The first-order chi connectivity index (χ1) is 36.8. The number of hydrogen-bond acceptors (Lipinski definition) is 18. The quantitative estimate of drug-likeness (QED) is 0.0629. The Morgan fingerprint density at radius 3 is 1.08 bits per heavy atom. The second kappa shape index (κ2) is 29.7. The Morgan fingerprint density at radius 2 is 0.747 bits per heavy atom. The summed E-state index contributed by atoms with van der Waals surface area (Å²) in [6.07, 6.45) is 14.2. The van der Waals surface area contributed by atoms with Crippen LogP contribution >= 0.6 is 0 Å². The first kappa shape index (κ1) is 67.3. The molecule has 18 heteroatoms. The van der Waals surface area contributed by atoms with Crippen LogP contribution in [0.4, 0.5) is 0 Å². The largest absolute Gasteiger partial charge is 0.460 e. The highest BCUT2D eigenvalue weighted by Gasteiger charge is 2.44. The third kappa shape index (κ3) is 22.9. The Labute approximate surface area is 471 Å². The lowest BCUT2D eigenvalue weighted by atomic mass is 9.77. The van der Waals surface area contributed by atoms with Gasteiger partial charge in [-0.15, -0.1) is 0 Å². The topological polar surface area (TPSA) is 213 Å². The zero-order valence-electron chi connectivity index (χ0n) is 50.3. The molecule has 3 heterocycles. The molecule has 3 saturated carbocycles. The van der Waals surface area contributed by atoms with E-state index in [2.05, 4.69) is 40.5 Å². The molecule has 0 aromatic carbocycles. The van der Waals surface area contributed by atoms with Crippen LogP contribution in [0.15, 0.2) is 36.5 Å². The maximum Gasteiger partial charge on any atom is 0.333 e. The average molecular weight is 1120 g/mol. The molecule has 3 aliphatic carbocycles. The molecule has 0 aromatic heterocycles. The standard InChI is InChI=1S/C22H36O6.C20H32O6.C19H30O6/c1-15(2)20(24)25-14-18-12-17(26-21(5,6)27-18)13-19(23)28-22(16(3)4)10-8-7-9-11-22;1-6-20(9-7-8-10-20)26-17(21)12-15-11-16(25-19(4,5)24-15)13-23-18(22)14(2)3;1-13(2)17(21)22-12-15-10-14(23-18(3,4)24-15)11-16(20)25-19(5)8-6-7-9-19/h16-18H,1,7-14H2,2-6H3;15-16H,2,6-13H2,1,3-5H3;14-15H,1,6-12H2,2-5H3. The van der Waals surface area contributed by atoms with Gasteiger partial charge in [0, 0.05) is 36.0 Å².